The molecule has 208 valence electrons. The summed E-state index contributed by atoms with van der Waals surface area (Å²) in [5, 5.41) is 11.2. The quantitative estimate of drug-likeness (QED) is 0.278. The molecule has 0 radical (unpaired) electrons. The lowest BCUT2D eigenvalue weighted by atomic mass is 9.73. The fraction of sp³-hybridized carbons (Fsp3) is 0.455. The Morgan fingerprint density at radius 1 is 0.676 bits per heavy atom. The van der Waals surface area contributed by atoms with E-state index in [-0.39, 0.29) is 10.0 Å². The van der Waals surface area contributed by atoms with Crippen molar-refractivity contribution < 1.29 is 62.2 Å². The Bertz CT molecular complexity index is 1090. The summed E-state index contributed by atoms with van der Waals surface area (Å²) in [4.78, 5) is 0. The van der Waals surface area contributed by atoms with Crippen molar-refractivity contribution in [3.8, 4) is 0 Å². The summed E-state index contributed by atoms with van der Waals surface area (Å²) >= 11 is 2.92. The van der Waals surface area contributed by atoms with Crippen molar-refractivity contribution >= 4 is 15.9 Å². The Balaban J connectivity index is 2.68. The molecule has 0 aromatic heterocycles. The second-order valence-electron chi connectivity index (χ2n) is 8.24. The summed E-state index contributed by atoms with van der Waals surface area (Å²) in [6, 6.07) is 10.7. The number of hydrogen-bond donors (Lipinski definition) is 1. The highest BCUT2D eigenvalue weighted by Gasteiger charge is 2.90. The molecule has 37 heavy (non-hydrogen) atoms. The number of hydrogen-bond acceptors (Lipinski definition) is 1. The van der Waals surface area contributed by atoms with Crippen molar-refractivity contribution in [2.75, 3.05) is 0 Å². The molecule has 1 N–H and O–H groups in total. The molecule has 2 unspecified atom stereocenters. The Morgan fingerprint density at radius 2 is 1.16 bits per heavy atom. The normalized spacial score (nSPS) is 16.9. The highest BCUT2D eigenvalue weighted by Crippen LogP contribution is 2.62. The van der Waals surface area contributed by atoms with Crippen LogP contribution in [0.3, 0.4) is 0 Å². The molecule has 0 spiro atoms. The number of alkyl halides is 13. The molecule has 0 bridgehead atoms. The first-order valence-electron chi connectivity index (χ1n) is 9.96. The first kappa shape index (κ1) is 31.2. The van der Waals surface area contributed by atoms with Crippen molar-refractivity contribution in [2.24, 2.45) is 0 Å². The predicted octanol–water partition coefficient (Wildman–Crippen LogP) is 8.57. The number of rotatable bonds is 9. The molecule has 2 aromatic rings. The fourth-order valence-electron chi connectivity index (χ4n) is 3.53. The van der Waals surface area contributed by atoms with Crippen molar-refractivity contribution in [3.63, 3.8) is 0 Å². The van der Waals surface area contributed by atoms with Gasteiger partial charge in [-0.1, -0.05) is 65.3 Å². The number of benzene rings is 2. The number of halogens is 14. The van der Waals surface area contributed by atoms with Gasteiger partial charge in [-0.25, -0.2) is 0 Å². The molecule has 2 aromatic carbocycles. The summed E-state index contributed by atoms with van der Waals surface area (Å²) in [6.45, 7) is 0.995. The third-order valence-electron chi connectivity index (χ3n) is 5.83. The van der Waals surface area contributed by atoms with E-state index >= 15 is 0 Å². The van der Waals surface area contributed by atoms with Gasteiger partial charge in [-0.2, -0.15) is 57.1 Å². The first-order valence-corrected chi connectivity index (χ1v) is 10.8. The van der Waals surface area contributed by atoms with Crippen LogP contribution >= 0.6 is 15.9 Å². The van der Waals surface area contributed by atoms with Gasteiger partial charge in [-0.15, -0.1) is 0 Å². The van der Waals surface area contributed by atoms with Crippen LogP contribution in [0.2, 0.25) is 0 Å². The summed E-state index contributed by atoms with van der Waals surface area (Å²) in [7, 11) is 0. The van der Waals surface area contributed by atoms with Crippen molar-refractivity contribution in [3.05, 3.63) is 70.2 Å². The molecule has 0 heterocycles. The van der Waals surface area contributed by atoms with Gasteiger partial charge >= 0.3 is 35.8 Å². The molecule has 0 aliphatic carbocycles. The van der Waals surface area contributed by atoms with Crippen molar-refractivity contribution in [1.82, 2.24) is 0 Å². The maximum Gasteiger partial charge on any atom is 0.460 e. The molecule has 1 nitrogen and oxygen atoms in total. The van der Waals surface area contributed by atoms with Gasteiger partial charge in [0, 0.05) is 10.4 Å². The highest BCUT2D eigenvalue weighted by molar-refractivity contribution is 9.10. The van der Waals surface area contributed by atoms with Crippen LogP contribution in [0.15, 0.2) is 59.1 Å². The molecule has 2 rings (SSSR count). The minimum absolute atomic E-state index is 0.0233. The van der Waals surface area contributed by atoms with E-state index in [1.807, 2.05) is 0 Å². The van der Waals surface area contributed by atoms with Crippen LogP contribution in [0.25, 0.3) is 0 Å². The summed E-state index contributed by atoms with van der Waals surface area (Å²) in [5.41, 5.74) is -3.88. The minimum atomic E-state index is -8.01. The molecule has 0 amide bonds. The predicted molar refractivity (Wildman–Crippen MR) is 108 cm³/mol. The molecule has 0 saturated heterocycles. The van der Waals surface area contributed by atoms with E-state index < -0.39 is 59.3 Å². The van der Waals surface area contributed by atoms with E-state index in [4.69, 9.17) is 0 Å². The SMILES string of the molecule is CC(c1ccccc1)C(O)(CC(F)(F)C(F)(F)C(F)(F)C(F)(F)C(F)(F)C(F)(F)F)c1cccc(Br)c1. The zero-order chi connectivity index (χ0) is 28.9. The van der Waals surface area contributed by atoms with Gasteiger partial charge in [0.15, 0.2) is 0 Å². The monoisotopic (exact) mass is 622 g/mol. The van der Waals surface area contributed by atoms with E-state index in [0.29, 0.717) is 0 Å². The van der Waals surface area contributed by atoms with Crippen LogP contribution in [-0.2, 0) is 5.60 Å². The third-order valence-corrected chi connectivity index (χ3v) is 6.32. The maximum absolute atomic E-state index is 14.8. The zero-order valence-electron chi connectivity index (χ0n) is 18.2. The zero-order valence-corrected chi connectivity index (χ0v) is 19.8. The minimum Gasteiger partial charge on any atom is -0.384 e. The van der Waals surface area contributed by atoms with E-state index in [1.165, 1.54) is 36.4 Å². The van der Waals surface area contributed by atoms with Gasteiger partial charge in [0.2, 0.25) is 0 Å². The van der Waals surface area contributed by atoms with Gasteiger partial charge in [-0.3, -0.25) is 0 Å². The van der Waals surface area contributed by atoms with E-state index in [2.05, 4.69) is 15.9 Å². The Labute approximate surface area is 209 Å². The largest absolute Gasteiger partial charge is 0.460 e. The molecule has 0 fully saturated rings. The smallest absolute Gasteiger partial charge is 0.384 e. The highest BCUT2D eigenvalue weighted by atomic mass is 79.9. The molecular formula is C22H16BrF13O. The van der Waals surface area contributed by atoms with Gasteiger partial charge in [-0.05, 0) is 23.3 Å². The number of aliphatic hydroxyl groups is 1. The summed E-state index contributed by atoms with van der Waals surface area (Å²) in [5.74, 6) is -39.4. The van der Waals surface area contributed by atoms with Gasteiger partial charge in [0.1, 0.15) is 5.60 Å². The second kappa shape index (κ2) is 9.62. The molecule has 2 atom stereocenters. The van der Waals surface area contributed by atoms with Gasteiger partial charge in [0.05, 0.1) is 6.42 Å². The average Bonchev–Trinajstić information content (AvgIpc) is 2.77. The lowest BCUT2D eigenvalue weighted by Gasteiger charge is -2.43. The average molecular weight is 623 g/mol. The van der Waals surface area contributed by atoms with Crippen LogP contribution in [-0.4, -0.2) is 40.9 Å². The van der Waals surface area contributed by atoms with E-state index in [1.54, 1.807) is 0 Å². The lowest BCUT2D eigenvalue weighted by Crippen LogP contribution is -2.70. The van der Waals surface area contributed by atoms with Crippen molar-refractivity contribution in [2.45, 2.75) is 60.7 Å². The van der Waals surface area contributed by atoms with Gasteiger partial charge in [0.25, 0.3) is 0 Å². The van der Waals surface area contributed by atoms with E-state index in [9.17, 15) is 62.2 Å². The standard InChI is InChI=1S/C22H16BrF13O/c1-12(13-6-3-2-4-7-13)16(37,14-8-5-9-15(23)10-14)11-17(24,25)18(26,27)19(28,29)20(30,31)21(32,33)22(34,35)36/h2-10,12,37H,11H2,1H3. The second-order valence-corrected chi connectivity index (χ2v) is 9.16. The van der Waals surface area contributed by atoms with E-state index in [0.717, 1.165) is 25.1 Å². The molecule has 0 aliphatic heterocycles. The maximum atomic E-state index is 14.8. The van der Waals surface area contributed by atoms with Crippen molar-refractivity contribution in [1.29, 1.82) is 0 Å². The topological polar surface area (TPSA) is 20.2 Å². The third kappa shape index (κ3) is 5.04. The van der Waals surface area contributed by atoms with Crippen LogP contribution in [0.1, 0.15) is 30.4 Å². The summed E-state index contributed by atoms with van der Waals surface area (Å²) in [6.07, 6.45) is -10.3. The lowest BCUT2D eigenvalue weighted by molar-refractivity contribution is -0.441. The van der Waals surface area contributed by atoms with Crippen LogP contribution in [0.5, 0.6) is 0 Å². The van der Waals surface area contributed by atoms with Gasteiger partial charge < -0.3 is 5.11 Å². The molecule has 15 heteroatoms. The fourth-order valence-corrected chi connectivity index (χ4v) is 3.93. The Morgan fingerprint density at radius 3 is 1.62 bits per heavy atom. The Kier molecular flexibility index (Phi) is 8.11. The Hall–Kier alpha value is -2.03. The molecule has 0 aliphatic rings. The summed E-state index contributed by atoms with van der Waals surface area (Å²) < 4.78 is 177. The molecule has 0 saturated carbocycles. The van der Waals surface area contributed by atoms with Crippen LogP contribution in [0, 0.1) is 0 Å². The molecular weight excluding hydrogens is 607 g/mol. The van der Waals surface area contributed by atoms with Crippen LogP contribution < -0.4 is 0 Å². The van der Waals surface area contributed by atoms with Crippen LogP contribution in [0.4, 0.5) is 57.1 Å². The first-order chi connectivity index (χ1) is 16.5.